The van der Waals surface area contributed by atoms with Crippen LogP contribution in [0.5, 0.6) is 0 Å². The summed E-state index contributed by atoms with van der Waals surface area (Å²) in [6.45, 7) is 2.30. The molecular formula is C15H28O. The molecule has 0 bridgehead atoms. The van der Waals surface area contributed by atoms with Gasteiger partial charge >= 0.3 is 0 Å². The zero-order chi connectivity index (χ0) is 11.4. The van der Waals surface area contributed by atoms with E-state index in [0.29, 0.717) is 6.10 Å². The number of hydrogen-bond donors (Lipinski definition) is 0. The van der Waals surface area contributed by atoms with Gasteiger partial charge in [0, 0.05) is 7.11 Å². The van der Waals surface area contributed by atoms with Crippen LogP contribution in [0, 0.1) is 17.8 Å². The standard InChI is InChI=1S/C15H28O/c1-3-4-8-13-11-14(13)15(16-2)12-9-6-5-7-10-12/h12-15H,3-11H2,1-2H3/t13-,14-,15-/m1/s1. The minimum Gasteiger partial charge on any atom is -0.381 e. The normalized spacial score (nSPS) is 32.6. The molecule has 0 aromatic rings. The SMILES string of the molecule is CCCC[C@@H]1C[C@H]1[C@H](OC)C1CCCCC1. The Morgan fingerprint density at radius 3 is 2.56 bits per heavy atom. The van der Waals surface area contributed by atoms with Crippen molar-refractivity contribution in [3.8, 4) is 0 Å². The predicted octanol–water partition coefficient (Wildman–Crippen LogP) is 4.41. The summed E-state index contributed by atoms with van der Waals surface area (Å²) in [5, 5.41) is 0. The third kappa shape index (κ3) is 3.00. The second-order valence-corrected chi connectivity index (χ2v) is 5.90. The molecule has 0 aromatic heterocycles. The van der Waals surface area contributed by atoms with Gasteiger partial charge in [-0.1, -0.05) is 45.4 Å². The van der Waals surface area contributed by atoms with Crippen molar-refractivity contribution in [3.05, 3.63) is 0 Å². The van der Waals surface area contributed by atoms with Gasteiger partial charge in [0.25, 0.3) is 0 Å². The number of hydrogen-bond acceptors (Lipinski definition) is 1. The van der Waals surface area contributed by atoms with E-state index in [1.54, 1.807) is 0 Å². The molecule has 2 saturated carbocycles. The molecule has 2 aliphatic rings. The first-order chi connectivity index (χ1) is 7.86. The van der Waals surface area contributed by atoms with Crippen molar-refractivity contribution in [2.24, 2.45) is 17.8 Å². The summed E-state index contributed by atoms with van der Waals surface area (Å²) in [5.74, 6) is 2.81. The van der Waals surface area contributed by atoms with E-state index in [2.05, 4.69) is 6.92 Å². The first kappa shape index (κ1) is 12.4. The summed E-state index contributed by atoms with van der Waals surface area (Å²) in [7, 11) is 1.94. The monoisotopic (exact) mass is 224 g/mol. The van der Waals surface area contributed by atoms with E-state index in [1.165, 1.54) is 57.8 Å². The van der Waals surface area contributed by atoms with Gasteiger partial charge in [-0.05, 0) is 37.0 Å². The summed E-state index contributed by atoms with van der Waals surface area (Å²) < 4.78 is 5.82. The minimum atomic E-state index is 0.599. The lowest BCUT2D eigenvalue weighted by Gasteiger charge is -2.29. The molecule has 1 nitrogen and oxygen atoms in total. The maximum atomic E-state index is 5.82. The van der Waals surface area contributed by atoms with Crippen molar-refractivity contribution in [1.29, 1.82) is 0 Å². The number of methoxy groups -OCH3 is 1. The second-order valence-electron chi connectivity index (χ2n) is 5.90. The van der Waals surface area contributed by atoms with E-state index in [-0.39, 0.29) is 0 Å². The van der Waals surface area contributed by atoms with Gasteiger partial charge in [0.15, 0.2) is 0 Å². The molecule has 0 unspecified atom stereocenters. The van der Waals surface area contributed by atoms with Crippen LogP contribution in [-0.2, 0) is 4.74 Å². The van der Waals surface area contributed by atoms with Crippen molar-refractivity contribution < 1.29 is 4.74 Å². The Balaban J connectivity index is 1.77. The first-order valence-corrected chi connectivity index (χ1v) is 7.39. The van der Waals surface area contributed by atoms with Crippen LogP contribution >= 0.6 is 0 Å². The zero-order valence-corrected chi connectivity index (χ0v) is 11.1. The fourth-order valence-corrected chi connectivity index (χ4v) is 3.65. The first-order valence-electron chi connectivity index (χ1n) is 7.39. The van der Waals surface area contributed by atoms with Crippen LogP contribution in [0.25, 0.3) is 0 Å². The molecule has 2 fully saturated rings. The van der Waals surface area contributed by atoms with Gasteiger partial charge in [0.2, 0.25) is 0 Å². The largest absolute Gasteiger partial charge is 0.381 e. The van der Waals surface area contributed by atoms with Gasteiger partial charge in [-0.2, -0.15) is 0 Å². The summed E-state index contributed by atoms with van der Waals surface area (Å²) >= 11 is 0. The average Bonchev–Trinajstić information content (AvgIpc) is 3.08. The van der Waals surface area contributed by atoms with Crippen molar-refractivity contribution in [2.75, 3.05) is 7.11 Å². The molecular weight excluding hydrogens is 196 g/mol. The highest BCUT2D eigenvalue weighted by Crippen LogP contribution is 2.49. The third-order valence-corrected chi connectivity index (χ3v) is 4.71. The van der Waals surface area contributed by atoms with Gasteiger partial charge in [0.1, 0.15) is 0 Å². The van der Waals surface area contributed by atoms with Crippen LogP contribution in [0.3, 0.4) is 0 Å². The molecule has 3 atom stereocenters. The highest BCUT2D eigenvalue weighted by Gasteiger charge is 2.45. The molecule has 16 heavy (non-hydrogen) atoms. The van der Waals surface area contributed by atoms with Gasteiger partial charge in [-0.25, -0.2) is 0 Å². The Bertz CT molecular complexity index is 196. The predicted molar refractivity (Wildman–Crippen MR) is 68.5 cm³/mol. The smallest absolute Gasteiger partial charge is 0.0630 e. The minimum absolute atomic E-state index is 0.599. The molecule has 0 radical (unpaired) electrons. The van der Waals surface area contributed by atoms with Crippen LogP contribution in [0.1, 0.15) is 64.7 Å². The quantitative estimate of drug-likeness (QED) is 0.649. The van der Waals surface area contributed by atoms with E-state index >= 15 is 0 Å². The van der Waals surface area contributed by atoms with Crippen molar-refractivity contribution >= 4 is 0 Å². The van der Waals surface area contributed by atoms with Crippen LogP contribution in [0.15, 0.2) is 0 Å². The lowest BCUT2D eigenvalue weighted by molar-refractivity contribution is 0.0162. The van der Waals surface area contributed by atoms with Gasteiger partial charge < -0.3 is 4.74 Å². The van der Waals surface area contributed by atoms with E-state index in [9.17, 15) is 0 Å². The van der Waals surface area contributed by atoms with Gasteiger partial charge in [-0.15, -0.1) is 0 Å². The zero-order valence-electron chi connectivity index (χ0n) is 11.1. The third-order valence-electron chi connectivity index (χ3n) is 4.71. The fourth-order valence-electron chi connectivity index (χ4n) is 3.65. The van der Waals surface area contributed by atoms with Gasteiger partial charge in [0.05, 0.1) is 6.10 Å². The summed E-state index contributed by atoms with van der Waals surface area (Å²) in [5.41, 5.74) is 0. The molecule has 0 N–H and O–H groups in total. The maximum Gasteiger partial charge on any atom is 0.0630 e. The van der Waals surface area contributed by atoms with Crippen molar-refractivity contribution in [2.45, 2.75) is 70.8 Å². The average molecular weight is 224 g/mol. The maximum absolute atomic E-state index is 5.82. The van der Waals surface area contributed by atoms with Crippen LogP contribution in [0.2, 0.25) is 0 Å². The summed E-state index contributed by atoms with van der Waals surface area (Å²) in [4.78, 5) is 0. The molecule has 0 spiro atoms. The van der Waals surface area contributed by atoms with E-state index < -0.39 is 0 Å². The molecule has 2 rings (SSSR count). The Morgan fingerprint density at radius 2 is 1.94 bits per heavy atom. The number of rotatable bonds is 6. The van der Waals surface area contributed by atoms with E-state index in [4.69, 9.17) is 4.74 Å². The summed E-state index contributed by atoms with van der Waals surface area (Å²) in [6.07, 6.45) is 13.5. The fraction of sp³-hybridized carbons (Fsp3) is 1.00. The topological polar surface area (TPSA) is 9.23 Å². The van der Waals surface area contributed by atoms with E-state index in [0.717, 1.165) is 17.8 Å². The second kappa shape index (κ2) is 6.05. The molecule has 1 heteroatoms. The Kier molecular flexibility index (Phi) is 4.69. The molecule has 0 aliphatic heterocycles. The highest BCUT2D eigenvalue weighted by molar-refractivity contribution is 4.95. The van der Waals surface area contributed by atoms with Gasteiger partial charge in [-0.3, -0.25) is 0 Å². The van der Waals surface area contributed by atoms with Crippen LogP contribution in [0.4, 0.5) is 0 Å². The van der Waals surface area contributed by atoms with E-state index in [1.807, 2.05) is 7.11 Å². The van der Waals surface area contributed by atoms with Crippen molar-refractivity contribution in [3.63, 3.8) is 0 Å². The van der Waals surface area contributed by atoms with Crippen LogP contribution in [-0.4, -0.2) is 13.2 Å². The van der Waals surface area contributed by atoms with Crippen LogP contribution < -0.4 is 0 Å². The number of ether oxygens (including phenoxy) is 1. The Hall–Kier alpha value is -0.0400. The Labute approximate surface area is 101 Å². The number of unbranched alkanes of at least 4 members (excludes halogenated alkanes) is 1. The molecule has 0 amide bonds. The van der Waals surface area contributed by atoms with Crippen molar-refractivity contribution in [1.82, 2.24) is 0 Å². The lowest BCUT2D eigenvalue weighted by Crippen LogP contribution is -2.27. The molecule has 0 aromatic carbocycles. The molecule has 94 valence electrons. The lowest BCUT2D eigenvalue weighted by atomic mass is 9.83. The Morgan fingerprint density at radius 1 is 1.19 bits per heavy atom. The molecule has 0 saturated heterocycles. The molecule has 0 heterocycles. The highest BCUT2D eigenvalue weighted by atomic mass is 16.5. The summed E-state index contributed by atoms with van der Waals surface area (Å²) in [6, 6.07) is 0. The molecule has 2 aliphatic carbocycles.